The number of ether oxygens (including phenoxy) is 1. The molecule has 2 fully saturated rings. The molecule has 2 unspecified atom stereocenters. The molecule has 0 spiro atoms. The van der Waals surface area contributed by atoms with Gasteiger partial charge in [-0.1, -0.05) is 0 Å². The molecule has 0 saturated carbocycles. The molecular formula is C13H24FNO. The van der Waals surface area contributed by atoms with Crippen LogP contribution in [0.3, 0.4) is 0 Å². The van der Waals surface area contributed by atoms with Crippen molar-refractivity contribution >= 4 is 0 Å². The highest BCUT2D eigenvalue weighted by Crippen LogP contribution is 2.36. The van der Waals surface area contributed by atoms with Gasteiger partial charge in [-0.3, -0.25) is 0 Å². The molecular weight excluding hydrogens is 205 g/mol. The molecule has 0 aromatic carbocycles. The van der Waals surface area contributed by atoms with E-state index in [0.717, 1.165) is 58.4 Å². The Morgan fingerprint density at radius 3 is 2.69 bits per heavy atom. The van der Waals surface area contributed by atoms with Crippen molar-refractivity contribution in [1.82, 2.24) is 5.32 Å². The average Bonchev–Trinajstić information content (AvgIpc) is 2.31. The molecule has 2 nitrogen and oxygen atoms in total. The van der Waals surface area contributed by atoms with Crippen LogP contribution in [0.1, 0.15) is 39.0 Å². The predicted molar refractivity (Wildman–Crippen MR) is 63.3 cm³/mol. The molecule has 2 rings (SSSR count). The van der Waals surface area contributed by atoms with Gasteiger partial charge in [0.05, 0.1) is 0 Å². The number of nitrogens with one attached hydrogen (secondary N) is 1. The molecule has 0 aromatic rings. The zero-order valence-corrected chi connectivity index (χ0v) is 10.3. The fraction of sp³-hybridized carbons (Fsp3) is 1.00. The lowest BCUT2D eigenvalue weighted by Gasteiger charge is -2.37. The van der Waals surface area contributed by atoms with Crippen LogP contribution in [0, 0.1) is 11.8 Å². The molecule has 0 amide bonds. The van der Waals surface area contributed by atoms with Crippen molar-refractivity contribution in [2.24, 2.45) is 11.8 Å². The Hall–Kier alpha value is -0.150. The molecule has 2 atom stereocenters. The SMILES string of the molecule is CC(F)(CC1CCOCC1)C1CCCNC1. The van der Waals surface area contributed by atoms with Gasteiger partial charge < -0.3 is 10.1 Å². The van der Waals surface area contributed by atoms with E-state index in [2.05, 4.69) is 5.32 Å². The third kappa shape index (κ3) is 3.17. The van der Waals surface area contributed by atoms with Crippen molar-refractivity contribution in [2.75, 3.05) is 26.3 Å². The fourth-order valence-corrected chi connectivity index (χ4v) is 3.05. The van der Waals surface area contributed by atoms with Crippen LogP contribution in [-0.4, -0.2) is 32.0 Å². The summed E-state index contributed by atoms with van der Waals surface area (Å²) in [5.41, 5.74) is -0.991. The van der Waals surface area contributed by atoms with Crippen molar-refractivity contribution in [2.45, 2.75) is 44.7 Å². The number of hydrogen-bond donors (Lipinski definition) is 1. The Bertz CT molecular complexity index is 208. The lowest BCUT2D eigenvalue weighted by molar-refractivity contribution is 0.0129. The Kier molecular flexibility index (Phi) is 4.20. The van der Waals surface area contributed by atoms with Gasteiger partial charge in [0.2, 0.25) is 0 Å². The van der Waals surface area contributed by atoms with Crippen molar-refractivity contribution < 1.29 is 9.13 Å². The molecule has 3 heteroatoms. The zero-order chi connectivity index (χ0) is 11.4. The Balaban J connectivity index is 1.84. The van der Waals surface area contributed by atoms with Gasteiger partial charge in [0.15, 0.2) is 0 Å². The molecule has 94 valence electrons. The highest BCUT2D eigenvalue weighted by Gasteiger charge is 2.37. The van der Waals surface area contributed by atoms with E-state index in [0.29, 0.717) is 5.92 Å². The third-order valence-corrected chi connectivity index (χ3v) is 4.18. The Labute approximate surface area is 97.9 Å². The van der Waals surface area contributed by atoms with E-state index in [4.69, 9.17) is 4.74 Å². The summed E-state index contributed by atoms with van der Waals surface area (Å²) in [5, 5.41) is 3.31. The summed E-state index contributed by atoms with van der Waals surface area (Å²) in [5.74, 6) is 0.745. The van der Waals surface area contributed by atoms with Crippen LogP contribution in [0.25, 0.3) is 0 Å². The molecule has 16 heavy (non-hydrogen) atoms. The largest absolute Gasteiger partial charge is 0.381 e. The van der Waals surface area contributed by atoms with E-state index in [1.807, 2.05) is 0 Å². The average molecular weight is 229 g/mol. The van der Waals surface area contributed by atoms with Crippen LogP contribution in [-0.2, 0) is 4.74 Å². The van der Waals surface area contributed by atoms with Gasteiger partial charge in [-0.25, -0.2) is 4.39 Å². The standard InChI is InChI=1S/C13H24FNO/c1-13(14,12-3-2-6-15-10-12)9-11-4-7-16-8-5-11/h11-12,15H,2-10H2,1H3. The molecule has 0 radical (unpaired) electrons. The van der Waals surface area contributed by atoms with Gasteiger partial charge in [-0.15, -0.1) is 0 Å². The summed E-state index contributed by atoms with van der Waals surface area (Å²) in [6.45, 7) is 5.37. The van der Waals surface area contributed by atoms with Crippen LogP contribution in [0.2, 0.25) is 0 Å². The van der Waals surface area contributed by atoms with Crippen molar-refractivity contribution in [3.63, 3.8) is 0 Å². The number of hydrogen-bond acceptors (Lipinski definition) is 2. The first-order valence-corrected chi connectivity index (χ1v) is 6.66. The smallest absolute Gasteiger partial charge is 0.112 e. The lowest BCUT2D eigenvalue weighted by atomic mass is 9.77. The zero-order valence-electron chi connectivity index (χ0n) is 10.3. The number of halogens is 1. The quantitative estimate of drug-likeness (QED) is 0.803. The molecule has 2 saturated heterocycles. The van der Waals surface area contributed by atoms with E-state index in [1.165, 1.54) is 0 Å². The van der Waals surface area contributed by atoms with Crippen molar-refractivity contribution in [1.29, 1.82) is 0 Å². The molecule has 0 aliphatic carbocycles. The highest BCUT2D eigenvalue weighted by molar-refractivity contribution is 4.88. The Morgan fingerprint density at radius 2 is 2.06 bits per heavy atom. The second-order valence-electron chi connectivity index (χ2n) is 5.58. The number of alkyl halides is 1. The Morgan fingerprint density at radius 1 is 1.31 bits per heavy atom. The van der Waals surface area contributed by atoms with Crippen LogP contribution in [0.5, 0.6) is 0 Å². The van der Waals surface area contributed by atoms with Crippen molar-refractivity contribution in [3.05, 3.63) is 0 Å². The minimum absolute atomic E-state index is 0.212. The molecule has 0 bridgehead atoms. The predicted octanol–water partition coefficient (Wildman–Crippen LogP) is 2.53. The van der Waals surface area contributed by atoms with E-state index in [-0.39, 0.29) is 5.92 Å². The second kappa shape index (κ2) is 5.46. The van der Waals surface area contributed by atoms with E-state index < -0.39 is 5.67 Å². The minimum atomic E-state index is -0.991. The molecule has 2 heterocycles. The summed E-state index contributed by atoms with van der Waals surface area (Å²) in [6.07, 6.45) is 4.98. The lowest BCUT2D eigenvalue weighted by Crippen LogP contribution is -2.43. The summed E-state index contributed by atoms with van der Waals surface area (Å²) in [6, 6.07) is 0. The second-order valence-corrected chi connectivity index (χ2v) is 5.58. The van der Waals surface area contributed by atoms with Crippen LogP contribution >= 0.6 is 0 Å². The summed E-state index contributed by atoms with van der Waals surface area (Å²) in [7, 11) is 0. The number of piperidine rings is 1. The van der Waals surface area contributed by atoms with E-state index in [1.54, 1.807) is 6.92 Å². The summed E-state index contributed by atoms with van der Waals surface area (Å²) < 4.78 is 20.0. The van der Waals surface area contributed by atoms with Crippen LogP contribution in [0.4, 0.5) is 4.39 Å². The van der Waals surface area contributed by atoms with E-state index >= 15 is 0 Å². The maximum Gasteiger partial charge on any atom is 0.112 e. The molecule has 2 aliphatic heterocycles. The first kappa shape index (κ1) is 12.3. The van der Waals surface area contributed by atoms with Gasteiger partial charge in [0.1, 0.15) is 5.67 Å². The molecule has 2 aliphatic rings. The fourth-order valence-electron chi connectivity index (χ4n) is 3.05. The third-order valence-electron chi connectivity index (χ3n) is 4.18. The summed E-state index contributed by atoms with van der Waals surface area (Å²) >= 11 is 0. The van der Waals surface area contributed by atoms with Crippen molar-refractivity contribution in [3.8, 4) is 0 Å². The van der Waals surface area contributed by atoms with Gasteiger partial charge in [-0.05, 0) is 51.5 Å². The summed E-state index contributed by atoms with van der Waals surface area (Å²) in [4.78, 5) is 0. The van der Waals surface area contributed by atoms with E-state index in [9.17, 15) is 4.39 Å². The maximum absolute atomic E-state index is 14.7. The molecule has 0 aromatic heterocycles. The highest BCUT2D eigenvalue weighted by atomic mass is 19.1. The topological polar surface area (TPSA) is 21.3 Å². The van der Waals surface area contributed by atoms with Crippen LogP contribution in [0.15, 0.2) is 0 Å². The molecule has 1 N–H and O–H groups in total. The van der Waals surface area contributed by atoms with Gasteiger partial charge >= 0.3 is 0 Å². The first-order chi connectivity index (χ1) is 7.68. The van der Waals surface area contributed by atoms with Gasteiger partial charge in [-0.2, -0.15) is 0 Å². The number of rotatable bonds is 3. The minimum Gasteiger partial charge on any atom is -0.381 e. The first-order valence-electron chi connectivity index (χ1n) is 6.66. The van der Waals surface area contributed by atoms with Crippen LogP contribution < -0.4 is 5.32 Å². The monoisotopic (exact) mass is 229 g/mol. The van der Waals surface area contributed by atoms with Gasteiger partial charge in [0.25, 0.3) is 0 Å². The normalized spacial score (nSPS) is 32.2. The van der Waals surface area contributed by atoms with Gasteiger partial charge in [0, 0.05) is 25.7 Å². The maximum atomic E-state index is 14.7.